The van der Waals surface area contributed by atoms with E-state index in [0.29, 0.717) is 40.3 Å². The van der Waals surface area contributed by atoms with Crippen molar-refractivity contribution in [3.8, 4) is 16.9 Å². The van der Waals surface area contributed by atoms with Crippen LogP contribution in [0.4, 0.5) is 22.0 Å². The molecule has 0 heterocycles. The van der Waals surface area contributed by atoms with E-state index in [-0.39, 0.29) is 17.4 Å². The highest BCUT2D eigenvalue weighted by Gasteiger charge is 2.30. The van der Waals surface area contributed by atoms with Crippen LogP contribution in [0.2, 0.25) is 0 Å². The van der Waals surface area contributed by atoms with E-state index in [1.165, 1.54) is 24.3 Å². The number of unbranched alkanes of at least 4 members (excludes halogenated alkanes) is 2. The Balaban J connectivity index is 1.47. The molecule has 0 saturated heterocycles. The van der Waals surface area contributed by atoms with Crippen LogP contribution < -0.4 is 4.74 Å². The number of benzene rings is 4. The summed E-state index contributed by atoms with van der Waals surface area (Å²) in [5, 5.41) is 1.12. The first kappa shape index (κ1) is 25.7. The maximum Gasteiger partial charge on any atom is 0.573 e. The maximum absolute atomic E-state index is 15.2. The van der Waals surface area contributed by atoms with Crippen LogP contribution in [0.25, 0.3) is 21.9 Å². The first-order valence-electron chi connectivity index (χ1n) is 12.1. The topological polar surface area (TPSA) is 9.23 Å². The van der Waals surface area contributed by atoms with Gasteiger partial charge in [-0.2, -0.15) is 0 Å². The van der Waals surface area contributed by atoms with Crippen LogP contribution in [0.15, 0.2) is 72.8 Å². The first-order chi connectivity index (χ1) is 17.2. The monoisotopic (exact) mass is 498 g/mol. The predicted octanol–water partition coefficient (Wildman–Crippen LogP) is 9.20. The van der Waals surface area contributed by atoms with Gasteiger partial charge >= 0.3 is 6.36 Å². The van der Waals surface area contributed by atoms with Gasteiger partial charge < -0.3 is 4.74 Å². The van der Waals surface area contributed by atoms with Crippen LogP contribution in [0.1, 0.15) is 42.9 Å². The normalized spacial score (nSPS) is 11.7. The van der Waals surface area contributed by atoms with E-state index in [0.717, 1.165) is 36.8 Å². The van der Waals surface area contributed by atoms with Crippen molar-refractivity contribution >= 4 is 10.8 Å². The highest BCUT2D eigenvalue weighted by atomic mass is 19.4. The highest BCUT2D eigenvalue weighted by molar-refractivity contribution is 5.88. The summed E-state index contributed by atoms with van der Waals surface area (Å²) in [5.74, 6) is -0.920. The number of alkyl halides is 3. The molecule has 4 rings (SSSR count). The predicted molar refractivity (Wildman–Crippen MR) is 133 cm³/mol. The molecule has 0 unspecified atom stereocenters. The molecule has 0 aliphatic rings. The summed E-state index contributed by atoms with van der Waals surface area (Å²) in [5.41, 5.74) is 3.43. The van der Waals surface area contributed by atoms with Gasteiger partial charge in [0.25, 0.3) is 0 Å². The third-order valence-electron chi connectivity index (χ3n) is 6.29. The molecule has 0 saturated carbocycles. The molecule has 0 N–H and O–H groups in total. The second-order valence-electron chi connectivity index (χ2n) is 8.94. The van der Waals surface area contributed by atoms with Crippen molar-refractivity contribution in [1.82, 2.24) is 0 Å². The van der Waals surface area contributed by atoms with E-state index in [2.05, 4.69) is 11.7 Å². The molecule has 0 spiro atoms. The quantitative estimate of drug-likeness (QED) is 0.165. The Morgan fingerprint density at radius 3 is 2.17 bits per heavy atom. The lowest BCUT2D eigenvalue weighted by atomic mass is 9.96. The smallest absolute Gasteiger partial charge is 0.406 e. The van der Waals surface area contributed by atoms with Gasteiger partial charge in [-0.25, -0.2) is 8.78 Å². The summed E-state index contributed by atoms with van der Waals surface area (Å²) in [7, 11) is 0. The molecular weight excluding hydrogens is 471 g/mol. The average molecular weight is 499 g/mol. The highest BCUT2D eigenvalue weighted by Crippen LogP contribution is 2.30. The molecule has 0 aliphatic carbocycles. The molecule has 4 aromatic rings. The second kappa shape index (κ2) is 11.1. The summed E-state index contributed by atoms with van der Waals surface area (Å²) in [6.45, 7) is 2.13. The van der Waals surface area contributed by atoms with Gasteiger partial charge in [-0.3, -0.25) is 0 Å². The van der Waals surface area contributed by atoms with Crippen LogP contribution in [0.5, 0.6) is 5.75 Å². The number of fused-ring (bicyclic) bond motifs is 1. The van der Waals surface area contributed by atoms with Crippen LogP contribution in [-0.2, 0) is 19.3 Å². The molecule has 0 aromatic heterocycles. The Labute approximate surface area is 207 Å². The van der Waals surface area contributed by atoms with Crippen molar-refractivity contribution in [2.45, 2.75) is 51.8 Å². The molecule has 36 heavy (non-hydrogen) atoms. The van der Waals surface area contributed by atoms with Gasteiger partial charge in [-0.1, -0.05) is 68.3 Å². The Morgan fingerprint density at radius 1 is 0.722 bits per heavy atom. The summed E-state index contributed by atoms with van der Waals surface area (Å²) < 4.78 is 70.8. The minimum absolute atomic E-state index is 0.285. The second-order valence-corrected chi connectivity index (χ2v) is 8.94. The minimum Gasteiger partial charge on any atom is -0.406 e. The van der Waals surface area contributed by atoms with Crippen LogP contribution in [-0.4, -0.2) is 6.36 Å². The summed E-state index contributed by atoms with van der Waals surface area (Å²) >= 11 is 0. The largest absolute Gasteiger partial charge is 0.573 e. The molecule has 0 atom stereocenters. The zero-order valence-electron chi connectivity index (χ0n) is 20.0. The third kappa shape index (κ3) is 6.42. The summed E-state index contributed by atoms with van der Waals surface area (Å²) in [6, 6.07) is 19.6. The van der Waals surface area contributed by atoms with Crippen molar-refractivity contribution in [3.05, 3.63) is 101 Å². The summed E-state index contributed by atoms with van der Waals surface area (Å²) in [4.78, 5) is 0. The molecule has 188 valence electrons. The molecular formula is C30H27F5O. The van der Waals surface area contributed by atoms with Crippen LogP contribution >= 0.6 is 0 Å². The fourth-order valence-corrected chi connectivity index (χ4v) is 4.36. The maximum atomic E-state index is 15.2. The van der Waals surface area contributed by atoms with Crippen molar-refractivity contribution in [1.29, 1.82) is 0 Å². The Morgan fingerprint density at radius 2 is 1.47 bits per heavy atom. The van der Waals surface area contributed by atoms with Crippen molar-refractivity contribution in [2.75, 3.05) is 0 Å². The lowest BCUT2D eigenvalue weighted by molar-refractivity contribution is -0.274. The number of rotatable bonds is 9. The number of aryl methyl sites for hydroxylation is 3. The number of hydrogen-bond acceptors (Lipinski definition) is 1. The van der Waals surface area contributed by atoms with Gasteiger partial charge in [0.1, 0.15) is 17.4 Å². The van der Waals surface area contributed by atoms with E-state index in [1.807, 2.05) is 12.1 Å². The average Bonchev–Trinajstić information content (AvgIpc) is 2.84. The Bertz CT molecular complexity index is 1330. The lowest BCUT2D eigenvalue weighted by Crippen LogP contribution is -2.17. The van der Waals surface area contributed by atoms with E-state index >= 15 is 4.39 Å². The van der Waals surface area contributed by atoms with Crippen molar-refractivity contribution in [3.63, 3.8) is 0 Å². The zero-order valence-corrected chi connectivity index (χ0v) is 20.0. The van der Waals surface area contributed by atoms with Gasteiger partial charge in [0.05, 0.1) is 0 Å². The Hall–Kier alpha value is -3.41. The lowest BCUT2D eigenvalue weighted by Gasteiger charge is -2.11. The van der Waals surface area contributed by atoms with E-state index in [4.69, 9.17) is 0 Å². The van der Waals surface area contributed by atoms with Gasteiger partial charge in [0, 0.05) is 10.9 Å². The van der Waals surface area contributed by atoms with Crippen LogP contribution in [0.3, 0.4) is 0 Å². The molecule has 0 fully saturated rings. The van der Waals surface area contributed by atoms with Gasteiger partial charge in [-0.15, -0.1) is 13.2 Å². The zero-order chi connectivity index (χ0) is 25.7. The van der Waals surface area contributed by atoms with Gasteiger partial charge in [0.2, 0.25) is 0 Å². The minimum atomic E-state index is -4.74. The number of hydrogen-bond donors (Lipinski definition) is 0. The molecule has 0 amide bonds. The van der Waals surface area contributed by atoms with Crippen LogP contribution in [0, 0.1) is 11.6 Å². The fourth-order valence-electron chi connectivity index (χ4n) is 4.36. The molecule has 4 aromatic carbocycles. The molecule has 0 bridgehead atoms. The SMILES string of the molecule is CCCCCc1ccc(-c2ccc3c(F)c(CCc4ccc(OC(F)(F)F)cc4)ccc3c2)c(F)c1. The summed E-state index contributed by atoms with van der Waals surface area (Å²) in [6.07, 6.45) is 0.223. The first-order valence-corrected chi connectivity index (χ1v) is 12.1. The van der Waals surface area contributed by atoms with Crippen molar-refractivity contribution in [2.24, 2.45) is 0 Å². The number of ether oxygens (including phenoxy) is 1. The molecule has 0 aliphatic heterocycles. The van der Waals surface area contributed by atoms with Crippen molar-refractivity contribution < 1.29 is 26.7 Å². The molecule has 6 heteroatoms. The van der Waals surface area contributed by atoms with Gasteiger partial charge in [0.15, 0.2) is 0 Å². The van der Waals surface area contributed by atoms with Gasteiger partial charge in [-0.05, 0) is 77.6 Å². The fraction of sp³-hybridized carbons (Fsp3) is 0.267. The standard InChI is InChI=1S/C30H27F5O/c1-2-3-4-5-21-9-16-26(28(31)18-21)23-13-17-27-24(19-23)12-11-22(29(27)32)10-6-20-7-14-25(15-8-20)36-30(33,34)35/h7-9,11-19H,2-6,10H2,1H3. The van der Waals surface area contributed by atoms with E-state index in [1.54, 1.807) is 36.4 Å². The number of halogens is 5. The molecule has 0 radical (unpaired) electrons. The van der Waals surface area contributed by atoms with E-state index < -0.39 is 6.36 Å². The third-order valence-corrected chi connectivity index (χ3v) is 6.29. The Kier molecular flexibility index (Phi) is 7.92. The van der Waals surface area contributed by atoms with E-state index in [9.17, 15) is 17.6 Å². The molecule has 1 nitrogen and oxygen atoms in total.